The molecule has 0 aliphatic carbocycles. The molecule has 0 amide bonds. The van der Waals surface area contributed by atoms with Crippen LogP contribution < -0.4 is 20.7 Å². The lowest BCUT2D eigenvalue weighted by Gasteiger charge is -2.28. The van der Waals surface area contributed by atoms with Gasteiger partial charge in [-0.15, -0.1) is 0 Å². The van der Waals surface area contributed by atoms with Crippen LogP contribution in [0.2, 0.25) is 0 Å². The number of hydrogen-bond acceptors (Lipinski definition) is 1. The minimum atomic E-state index is -2.02. The summed E-state index contributed by atoms with van der Waals surface area (Å²) >= 11 is 0. The minimum Gasteiger partial charge on any atom is -0.488 e. The topological polar surface area (TPSA) is 9.23 Å². The Labute approximate surface area is 238 Å². The molecule has 0 unspecified atom stereocenters. The first-order chi connectivity index (χ1) is 19.8. The maximum Gasteiger partial charge on any atom is 0.126 e. The molecule has 0 atom stereocenters. The predicted octanol–water partition coefficient (Wildman–Crippen LogP) is 8.43. The van der Waals surface area contributed by atoms with Gasteiger partial charge in [-0.3, -0.25) is 0 Å². The summed E-state index contributed by atoms with van der Waals surface area (Å²) in [6, 6.07) is 60.8. The SMILES string of the molecule is c1ccc(-c2ccc(COc3ccccc3C[P+](c3ccccc3)(c3ccccc3)c3ccccc3)cc2)cc1. The summed E-state index contributed by atoms with van der Waals surface area (Å²) < 4.78 is 6.54. The van der Waals surface area contributed by atoms with Crippen LogP contribution >= 0.6 is 7.26 Å². The van der Waals surface area contributed by atoms with E-state index in [0.29, 0.717) is 6.61 Å². The lowest BCUT2D eigenvalue weighted by Crippen LogP contribution is -2.32. The molecule has 0 heterocycles. The van der Waals surface area contributed by atoms with Crippen LogP contribution in [0, 0.1) is 0 Å². The van der Waals surface area contributed by atoms with Crippen molar-refractivity contribution in [3.8, 4) is 16.9 Å². The molecule has 6 rings (SSSR count). The number of rotatable bonds is 9. The fraction of sp³-hybridized carbons (Fsp3) is 0.0526. The fourth-order valence-electron chi connectivity index (χ4n) is 5.38. The zero-order valence-corrected chi connectivity index (χ0v) is 23.3. The van der Waals surface area contributed by atoms with E-state index >= 15 is 0 Å². The molecule has 0 bridgehead atoms. The molecule has 0 aliphatic rings. The van der Waals surface area contributed by atoms with Gasteiger partial charge in [0.05, 0.1) is 0 Å². The molecule has 0 radical (unpaired) electrons. The van der Waals surface area contributed by atoms with Crippen LogP contribution in [0.25, 0.3) is 11.1 Å². The molecule has 0 saturated carbocycles. The van der Waals surface area contributed by atoms with Crippen molar-refractivity contribution in [1.29, 1.82) is 0 Å². The van der Waals surface area contributed by atoms with E-state index in [9.17, 15) is 0 Å². The smallest absolute Gasteiger partial charge is 0.126 e. The summed E-state index contributed by atoms with van der Waals surface area (Å²) in [6.07, 6.45) is 0.883. The summed E-state index contributed by atoms with van der Waals surface area (Å²) in [4.78, 5) is 0. The van der Waals surface area contributed by atoms with Gasteiger partial charge in [0.1, 0.15) is 41.7 Å². The first-order valence-electron chi connectivity index (χ1n) is 13.7. The Morgan fingerprint density at radius 1 is 0.400 bits per heavy atom. The highest BCUT2D eigenvalue weighted by atomic mass is 31.2. The van der Waals surface area contributed by atoms with Crippen LogP contribution in [0.5, 0.6) is 5.75 Å². The summed E-state index contributed by atoms with van der Waals surface area (Å²) in [7, 11) is -2.02. The van der Waals surface area contributed by atoms with Gasteiger partial charge in [-0.25, -0.2) is 0 Å². The normalized spacial score (nSPS) is 11.2. The number of benzene rings is 6. The average molecular weight is 536 g/mol. The third kappa shape index (κ3) is 5.48. The Hall–Kier alpha value is -4.45. The van der Waals surface area contributed by atoms with Crippen molar-refractivity contribution in [1.82, 2.24) is 0 Å². The molecule has 40 heavy (non-hydrogen) atoms. The van der Waals surface area contributed by atoms with E-state index in [-0.39, 0.29) is 0 Å². The van der Waals surface area contributed by atoms with Crippen molar-refractivity contribution in [3.63, 3.8) is 0 Å². The first-order valence-corrected chi connectivity index (χ1v) is 15.7. The standard InChI is InChI=1S/C38H32OP/c1-5-15-32(16-6-1)33-27-25-31(26-28-33)29-39-38-24-14-13-17-34(38)30-40(35-18-7-2-8-19-35,36-20-9-3-10-21-36)37-22-11-4-12-23-37/h1-28H,29-30H2/q+1. The van der Waals surface area contributed by atoms with E-state index in [2.05, 4.69) is 164 Å². The molecule has 0 aliphatic heterocycles. The minimum absolute atomic E-state index is 0.527. The molecule has 0 fully saturated rings. The summed E-state index contributed by atoms with van der Waals surface area (Å²) in [5.74, 6) is 0.946. The van der Waals surface area contributed by atoms with E-state index in [1.807, 2.05) is 6.07 Å². The van der Waals surface area contributed by atoms with Crippen LogP contribution in [-0.2, 0) is 12.8 Å². The number of para-hydroxylation sites is 1. The Morgan fingerprint density at radius 2 is 0.825 bits per heavy atom. The van der Waals surface area contributed by atoms with Crippen LogP contribution in [0.4, 0.5) is 0 Å². The Kier molecular flexibility index (Phi) is 7.85. The zero-order valence-electron chi connectivity index (χ0n) is 22.4. The Balaban J connectivity index is 1.35. The maximum atomic E-state index is 6.54. The predicted molar refractivity (Wildman–Crippen MR) is 172 cm³/mol. The van der Waals surface area contributed by atoms with E-state index in [4.69, 9.17) is 4.74 Å². The molecule has 1 nitrogen and oxygen atoms in total. The van der Waals surface area contributed by atoms with Crippen molar-refractivity contribution in [2.75, 3.05) is 0 Å². The fourth-order valence-corrected chi connectivity index (χ4v) is 9.64. The summed E-state index contributed by atoms with van der Waals surface area (Å²) in [5.41, 5.74) is 4.83. The molecule has 0 aromatic heterocycles. The van der Waals surface area contributed by atoms with Crippen molar-refractivity contribution >= 4 is 23.2 Å². The highest BCUT2D eigenvalue weighted by molar-refractivity contribution is 7.95. The van der Waals surface area contributed by atoms with Crippen molar-refractivity contribution in [2.45, 2.75) is 12.8 Å². The molecule has 194 valence electrons. The van der Waals surface area contributed by atoms with Gasteiger partial charge in [0, 0.05) is 5.56 Å². The van der Waals surface area contributed by atoms with Crippen molar-refractivity contribution in [3.05, 3.63) is 181 Å². The van der Waals surface area contributed by atoms with E-state index in [0.717, 1.165) is 17.5 Å². The van der Waals surface area contributed by atoms with Gasteiger partial charge in [0.15, 0.2) is 0 Å². The van der Waals surface area contributed by atoms with Crippen LogP contribution in [0.15, 0.2) is 170 Å². The van der Waals surface area contributed by atoms with Gasteiger partial charge in [-0.1, -0.05) is 127 Å². The highest BCUT2D eigenvalue weighted by Gasteiger charge is 2.45. The van der Waals surface area contributed by atoms with Crippen molar-refractivity contribution < 1.29 is 4.74 Å². The molecule has 6 aromatic rings. The molecule has 2 heteroatoms. The van der Waals surface area contributed by atoms with Crippen LogP contribution in [-0.4, -0.2) is 0 Å². The van der Waals surface area contributed by atoms with E-state index in [1.165, 1.54) is 32.6 Å². The highest BCUT2D eigenvalue weighted by Crippen LogP contribution is 2.59. The third-order valence-corrected chi connectivity index (χ3v) is 11.8. The lowest BCUT2D eigenvalue weighted by molar-refractivity contribution is 0.304. The zero-order chi connectivity index (χ0) is 27.0. The monoisotopic (exact) mass is 535 g/mol. The number of hydrogen-bond donors (Lipinski definition) is 0. The molecular formula is C38H32OP+. The molecule has 0 spiro atoms. The Bertz CT molecular complexity index is 1530. The van der Waals surface area contributed by atoms with Gasteiger partial charge < -0.3 is 4.74 Å². The molecule has 6 aromatic carbocycles. The third-order valence-electron chi connectivity index (χ3n) is 7.43. The number of ether oxygens (including phenoxy) is 1. The van der Waals surface area contributed by atoms with Gasteiger partial charge in [0.25, 0.3) is 0 Å². The molecular weight excluding hydrogens is 503 g/mol. The molecule has 0 saturated heterocycles. The van der Waals surface area contributed by atoms with Gasteiger partial charge >= 0.3 is 0 Å². The lowest BCUT2D eigenvalue weighted by atomic mass is 10.0. The van der Waals surface area contributed by atoms with Gasteiger partial charge in [-0.05, 0) is 59.2 Å². The van der Waals surface area contributed by atoms with Crippen LogP contribution in [0.1, 0.15) is 11.1 Å². The molecule has 0 N–H and O–H groups in total. The van der Waals surface area contributed by atoms with Crippen molar-refractivity contribution in [2.24, 2.45) is 0 Å². The summed E-state index contributed by atoms with van der Waals surface area (Å²) in [5, 5.41) is 4.12. The second-order valence-corrected chi connectivity index (χ2v) is 13.4. The van der Waals surface area contributed by atoms with E-state index < -0.39 is 7.26 Å². The second-order valence-electron chi connectivity index (χ2n) is 9.93. The van der Waals surface area contributed by atoms with E-state index in [1.54, 1.807) is 0 Å². The maximum absolute atomic E-state index is 6.54. The quantitative estimate of drug-likeness (QED) is 0.169. The Morgan fingerprint density at radius 3 is 1.35 bits per heavy atom. The van der Waals surface area contributed by atoms with Gasteiger partial charge in [0.2, 0.25) is 0 Å². The van der Waals surface area contributed by atoms with Crippen LogP contribution in [0.3, 0.4) is 0 Å². The average Bonchev–Trinajstić information content (AvgIpc) is 3.05. The van der Waals surface area contributed by atoms with Gasteiger partial charge in [-0.2, -0.15) is 0 Å². The summed E-state index contributed by atoms with van der Waals surface area (Å²) in [6.45, 7) is 0.527. The first kappa shape index (κ1) is 25.8. The second kappa shape index (κ2) is 12.2. The largest absolute Gasteiger partial charge is 0.488 e.